The number of rotatable bonds is 25. The Morgan fingerprint density at radius 3 is 2.16 bits per heavy atom. The number of carbonyl (C=O) groups excluding carboxylic acids is 4. The highest BCUT2D eigenvalue weighted by atomic mass is 35.5. The SMILES string of the molecule is CC[C@H](C)[C@H](NC(=O)[C@@]1(NC(=O)C(Cc2ccc(OCCOCCOCCOCCOC)cc2)NC(=O)OCc2ccccc2)CCc2[nH]c3c(Cl)cc(Cl)cc3c2C1)C(N)=O. The number of halogens is 2. The van der Waals surface area contributed by atoms with E-state index in [0.29, 0.717) is 98.0 Å². The number of hydrogen-bond donors (Lipinski definition) is 5. The minimum absolute atomic E-state index is 0.0286. The molecule has 6 N–H and O–H groups in total. The second-order valence-corrected chi connectivity index (χ2v) is 16.0. The van der Waals surface area contributed by atoms with Crippen LogP contribution in [0.5, 0.6) is 5.75 Å². The average Bonchev–Trinajstić information content (AvgIpc) is 3.63. The molecule has 0 aliphatic heterocycles. The molecule has 0 saturated carbocycles. The summed E-state index contributed by atoms with van der Waals surface area (Å²) in [6, 6.07) is 17.4. The van der Waals surface area contributed by atoms with Crippen molar-refractivity contribution in [3.8, 4) is 5.75 Å². The Balaban J connectivity index is 1.31. The molecular formula is C45H57Cl2N5O10. The van der Waals surface area contributed by atoms with E-state index in [-0.39, 0.29) is 31.8 Å². The summed E-state index contributed by atoms with van der Waals surface area (Å²) < 4.78 is 32.8. The maximum atomic E-state index is 14.6. The number of aromatic amines is 1. The fraction of sp³-hybridized carbons (Fsp3) is 0.467. The van der Waals surface area contributed by atoms with Crippen LogP contribution in [0.2, 0.25) is 10.0 Å². The van der Waals surface area contributed by atoms with Crippen LogP contribution in [-0.2, 0) is 63.9 Å². The molecular weight excluding hydrogens is 841 g/mol. The number of aryl methyl sites for hydroxylation is 1. The molecule has 1 aliphatic carbocycles. The van der Waals surface area contributed by atoms with Crippen molar-refractivity contribution >= 4 is 57.9 Å². The van der Waals surface area contributed by atoms with Crippen molar-refractivity contribution < 1.29 is 47.6 Å². The molecule has 4 aromatic rings. The number of fused-ring (bicyclic) bond motifs is 3. The van der Waals surface area contributed by atoms with Crippen molar-refractivity contribution in [1.29, 1.82) is 0 Å². The summed E-state index contributed by atoms with van der Waals surface area (Å²) in [5, 5.41) is 10.1. The number of methoxy groups -OCH3 is 1. The predicted octanol–water partition coefficient (Wildman–Crippen LogP) is 5.45. The minimum atomic E-state index is -1.58. The first-order chi connectivity index (χ1) is 29.9. The van der Waals surface area contributed by atoms with Crippen LogP contribution in [0.1, 0.15) is 49.1 Å². The Hall–Kier alpha value is -4.90. The number of carbonyl (C=O) groups is 4. The van der Waals surface area contributed by atoms with Crippen LogP contribution in [0.4, 0.5) is 4.79 Å². The van der Waals surface area contributed by atoms with Crippen LogP contribution < -0.4 is 26.4 Å². The molecule has 0 radical (unpaired) electrons. The lowest BCUT2D eigenvalue weighted by atomic mass is 9.78. The maximum Gasteiger partial charge on any atom is 0.408 e. The fourth-order valence-corrected chi connectivity index (χ4v) is 7.68. The Kier molecular flexibility index (Phi) is 18.7. The number of nitrogens with one attached hydrogen (secondary N) is 4. The molecule has 4 amide bonds. The minimum Gasteiger partial charge on any atom is -0.491 e. The maximum absolute atomic E-state index is 14.6. The van der Waals surface area contributed by atoms with Crippen molar-refractivity contribution in [2.75, 3.05) is 60.0 Å². The van der Waals surface area contributed by atoms with E-state index in [1.165, 1.54) is 0 Å². The summed E-state index contributed by atoms with van der Waals surface area (Å²) in [6.07, 6.45) is 0.296. The lowest BCUT2D eigenvalue weighted by Crippen LogP contribution is -2.66. The molecule has 4 atom stereocenters. The molecule has 5 rings (SSSR count). The summed E-state index contributed by atoms with van der Waals surface area (Å²) in [6.45, 7) is 7.16. The van der Waals surface area contributed by atoms with Gasteiger partial charge in [-0.3, -0.25) is 14.4 Å². The molecule has 62 heavy (non-hydrogen) atoms. The number of amides is 4. The standard InChI is InChI=1S/C45H57Cl2N5O10/c1-4-29(2)39(41(48)53)51-43(55)45(15-14-37-35(27-45)34-25-32(46)26-36(47)40(34)49-37)52-42(54)38(50-44(56)62-28-31-8-6-5-7-9-31)24-30-10-12-33(13-11-30)61-23-22-60-21-20-59-19-18-58-17-16-57-3/h5-13,25-26,29,38-39,49H,4,14-24,27-28H2,1-3H3,(H2,48,53)(H,50,56)(H,51,55)(H,52,54)/t29-,38?,39-,45+/m0/s1. The predicted molar refractivity (Wildman–Crippen MR) is 235 cm³/mol. The Labute approximate surface area is 371 Å². The van der Waals surface area contributed by atoms with E-state index in [4.69, 9.17) is 57.4 Å². The summed E-state index contributed by atoms with van der Waals surface area (Å²) in [7, 11) is 1.62. The molecule has 336 valence electrons. The van der Waals surface area contributed by atoms with Crippen LogP contribution in [0, 0.1) is 5.92 Å². The number of primary amides is 1. The summed E-state index contributed by atoms with van der Waals surface area (Å²) in [4.78, 5) is 58.5. The van der Waals surface area contributed by atoms with Crippen LogP contribution >= 0.6 is 23.2 Å². The second kappa shape index (κ2) is 24.1. The van der Waals surface area contributed by atoms with Crippen LogP contribution in [0.25, 0.3) is 10.9 Å². The lowest BCUT2D eigenvalue weighted by molar-refractivity contribution is -0.137. The molecule has 15 nitrogen and oxygen atoms in total. The summed E-state index contributed by atoms with van der Waals surface area (Å²) in [5.74, 6) is -1.64. The van der Waals surface area contributed by atoms with E-state index in [2.05, 4.69) is 20.9 Å². The first-order valence-electron chi connectivity index (χ1n) is 20.7. The quantitative estimate of drug-likeness (QED) is 0.0533. The van der Waals surface area contributed by atoms with E-state index in [1.807, 2.05) is 44.2 Å². The molecule has 0 fully saturated rings. The van der Waals surface area contributed by atoms with Gasteiger partial charge in [-0.25, -0.2) is 4.79 Å². The van der Waals surface area contributed by atoms with Gasteiger partial charge >= 0.3 is 6.09 Å². The first kappa shape index (κ1) is 48.1. The van der Waals surface area contributed by atoms with Gasteiger partial charge in [0.1, 0.15) is 36.6 Å². The Bertz CT molecular complexity index is 2090. The number of ether oxygens (including phenoxy) is 6. The highest BCUT2D eigenvalue weighted by Gasteiger charge is 2.46. The fourth-order valence-electron chi connectivity index (χ4n) is 7.14. The Morgan fingerprint density at radius 1 is 0.855 bits per heavy atom. The molecule has 3 aromatic carbocycles. The molecule has 17 heteroatoms. The molecule has 1 aromatic heterocycles. The third-order valence-electron chi connectivity index (χ3n) is 10.8. The average molecular weight is 899 g/mol. The molecule has 0 spiro atoms. The van der Waals surface area contributed by atoms with Gasteiger partial charge in [-0.2, -0.15) is 0 Å². The summed E-state index contributed by atoms with van der Waals surface area (Å²) >= 11 is 13.0. The molecule has 0 saturated heterocycles. The molecule has 1 heterocycles. The number of H-pyrrole nitrogens is 1. The number of alkyl carbamates (subject to hydrolysis) is 1. The topological polar surface area (TPSA) is 202 Å². The number of hydrogen-bond acceptors (Lipinski definition) is 10. The van der Waals surface area contributed by atoms with Gasteiger partial charge in [-0.15, -0.1) is 0 Å². The van der Waals surface area contributed by atoms with Crippen LogP contribution in [-0.4, -0.2) is 106 Å². The van der Waals surface area contributed by atoms with Crippen molar-refractivity contribution in [3.63, 3.8) is 0 Å². The van der Waals surface area contributed by atoms with Gasteiger partial charge in [-0.05, 0) is 59.7 Å². The van der Waals surface area contributed by atoms with Gasteiger partial charge in [0.15, 0.2) is 0 Å². The van der Waals surface area contributed by atoms with E-state index in [1.54, 1.807) is 43.5 Å². The van der Waals surface area contributed by atoms with Crippen molar-refractivity contribution in [2.45, 2.75) is 70.2 Å². The van der Waals surface area contributed by atoms with Gasteiger partial charge in [0, 0.05) is 36.1 Å². The van der Waals surface area contributed by atoms with Gasteiger partial charge in [0.2, 0.25) is 17.7 Å². The van der Waals surface area contributed by atoms with E-state index in [0.717, 1.165) is 16.8 Å². The smallest absolute Gasteiger partial charge is 0.408 e. The number of benzene rings is 3. The summed E-state index contributed by atoms with van der Waals surface area (Å²) in [5.41, 5.74) is 7.90. The van der Waals surface area contributed by atoms with Crippen molar-refractivity contribution in [2.24, 2.45) is 11.7 Å². The first-order valence-corrected chi connectivity index (χ1v) is 21.5. The largest absolute Gasteiger partial charge is 0.491 e. The highest BCUT2D eigenvalue weighted by molar-refractivity contribution is 6.38. The van der Waals surface area contributed by atoms with Gasteiger partial charge < -0.3 is 55.1 Å². The van der Waals surface area contributed by atoms with Crippen LogP contribution in [0.15, 0.2) is 66.7 Å². The van der Waals surface area contributed by atoms with Crippen molar-refractivity contribution in [3.05, 3.63) is 99.2 Å². The zero-order valence-electron chi connectivity index (χ0n) is 35.4. The van der Waals surface area contributed by atoms with Gasteiger partial charge in [-0.1, -0.05) is 85.9 Å². The van der Waals surface area contributed by atoms with Crippen molar-refractivity contribution in [1.82, 2.24) is 20.9 Å². The Morgan fingerprint density at radius 2 is 1.52 bits per heavy atom. The normalized spacial score (nSPS) is 16.1. The lowest BCUT2D eigenvalue weighted by Gasteiger charge is -2.39. The third-order valence-corrected chi connectivity index (χ3v) is 11.3. The highest BCUT2D eigenvalue weighted by Crippen LogP contribution is 2.38. The molecule has 1 unspecified atom stereocenters. The van der Waals surface area contributed by atoms with E-state index >= 15 is 0 Å². The number of aromatic nitrogens is 1. The zero-order chi connectivity index (χ0) is 44.5. The number of nitrogens with two attached hydrogens (primary N) is 1. The van der Waals surface area contributed by atoms with E-state index in [9.17, 15) is 19.2 Å². The zero-order valence-corrected chi connectivity index (χ0v) is 36.9. The molecule has 1 aliphatic rings. The van der Waals surface area contributed by atoms with Crippen LogP contribution in [0.3, 0.4) is 0 Å². The van der Waals surface area contributed by atoms with Gasteiger partial charge in [0.25, 0.3) is 0 Å². The van der Waals surface area contributed by atoms with E-state index < -0.39 is 41.4 Å². The monoisotopic (exact) mass is 897 g/mol. The molecule has 0 bridgehead atoms. The third kappa shape index (κ3) is 13.8. The second-order valence-electron chi connectivity index (χ2n) is 15.2. The van der Waals surface area contributed by atoms with Gasteiger partial charge in [0.05, 0.1) is 56.8 Å².